The van der Waals surface area contributed by atoms with Gasteiger partial charge in [-0.05, 0) is 24.8 Å². The van der Waals surface area contributed by atoms with Crippen LogP contribution in [0, 0.1) is 0 Å². The largest absolute Gasteiger partial charge is 0.480 e. The molecule has 0 saturated heterocycles. The average molecular weight is 437 g/mol. The minimum Gasteiger partial charge on any atom is -0.480 e. The van der Waals surface area contributed by atoms with E-state index in [4.69, 9.17) is 11.5 Å². The summed E-state index contributed by atoms with van der Waals surface area (Å²) in [5, 5.41) is 22.2. The molecule has 31 heavy (non-hydrogen) atoms. The van der Waals surface area contributed by atoms with E-state index in [0.717, 1.165) is 5.01 Å². The van der Waals surface area contributed by atoms with Crippen LogP contribution in [0.4, 0.5) is 4.79 Å². The number of nitrogens with two attached hydrogens (primary N) is 2. The Morgan fingerprint density at radius 1 is 0.968 bits per heavy atom. The Morgan fingerprint density at radius 3 is 2.13 bits per heavy atom. The van der Waals surface area contributed by atoms with Gasteiger partial charge < -0.3 is 27.0 Å². The maximum absolute atomic E-state index is 12.9. The van der Waals surface area contributed by atoms with Crippen molar-refractivity contribution in [2.45, 2.75) is 44.2 Å². The van der Waals surface area contributed by atoms with Crippen LogP contribution in [0.1, 0.15) is 31.2 Å². The minimum absolute atomic E-state index is 0.0348. The van der Waals surface area contributed by atoms with Crippen molar-refractivity contribution in [3.05, 3.63) is 35.9 Å². The number of rotatable bonds is 14. The molecule has 0 heterocycles. The zero-order valence-corrected chi connectivity index (χ0v) is 16.8. The molecule has 0 unspecified atom stereocenters. The fraction of sp³-hybridized carbons (Fsp3) is 0.421. The van der Waals surface area contributed by atoms with Crippen LogP contribution in [0.2, 0.25) is 0 Å². The number of hydrogen-bond donors (Lipinski definition) is 6. The number of carbonyl (C=O) groups excluding carboxylic acids is 3. The van der Waals surface area contributed by atoms with E-state index in [0.29, 0.717) is 5.56 Å². The zero-order valence-electron chi connectivity index (χ0n) is 16.8. The van der Waals surface area contributed by atoms with Gasteiger partial charge in [-0.2, -0.15) is 0 Å². The first-order valence-electron chi connectivity index (χ1n) is 9.51. The molecule has 0 aliphatic carbocycles. The second-order valence-electron chi connectivity index (χ2n) is 6.74. The van der Waals surface area contributed by atoms with Gasteiger partial charge in [0.1, 0.15) is 12.1 Å². The molecule has 0 aliphatic heterocycles. The van der Waals surface area contributed by atoms with Crippen LogP contribution in [0.5, 0.6) is 0 Å². The SMILES string of the molecule is NC(=O)CC[C@@H](C(=O)O)N(N[C@@H](CCCNC(N)=O)C(=O)O)C(=O)Cc1ccccc1. The number of carboxylic acids is 2. The van der Waals surface area contributed by atoms with Crippen LogP contribution < -0.4 is 22.2 Å². The number of amides is 4. The molecular weight excluding hydrogens is 410 g/mol. The van der Waals surface area contributed by atoms with E-state index in [1.807, 2.05) is 0 Å². The highest BCUT2D eigenvalue weighted by Crippen LogP contribution is 2.12. The number of nitrogens with one attached hydrogen (secondary N) is 2. The normalized spacial score (nSPS) is 12.4. The average Bonchev–Trinajstić information content (AvgIpc) is 2.68. The number of carboxylic acid groups (broad SMARTS) is 2. The van der Waals surface area contributed by atoms with Gasteiger partial charge in [-0.3, -0.25) is 19.4 Å². The van der Waals surface area contributed by atoms with E-state index >= 15 is 0 Å². The van der Waals surface area contributed by atoms with E-state index in [2.05, 4.69) is 10.7 Å². The first-order chi connectivity index (χ1) is 14.6. The summed E-state index contributed by atoms with van der Waals surface area (Å²) < 4.78 is 0. The van der Waals surface area contributed by atoms with Crippen molar-refractivity contribution in [1.29, 1.82) is 0 Å². The second kappa shape index (κ2) is 12.8. The molecule has 12 nitrogen and oxygen atoms in total. The Hall–Kier alpha value is -3.67. The highest BCUT2D eigenvalue weighted by atomic mass is 16.4. The van der Waals surface area contributed by atoms with E-state index in [1.165, 1.54) is 0 Å². The van der Waals surface area contributed by atoms with Gasteiger partial charge in [0.15, 0.2) is 0 Å². The number of urea groups is 1. The van der Waals surface area contributed by atoms with Gasteiger partial charge in [0, 0.05) is 13.0 Å². The lowest BCUT2D eigenvalue weighted by Crippen LogP contribution is -2.58. The van der Waals surface area contributed by atoms with Crippen molar-refractivity contribution in [1.82, 2.24) is 15.8 Å². The first-order valence-corrected chi connectivity index (χ1v) is 9.51. The Morgan fingerprint density at radius 2 is 1.61 bits per heavy atom. The van der Waals surface area contributed by atoms with E-state index in [1.54, 1.807) is 30.3 Å². The Kier molecular flexibility index (Phi) is 10.5. The molecule has 0 saturated carbocycles. The fourth-order valence-electron chi connectivity index (χ4n) is 2.76. The smallest absolute Gasteiger partial charge is 0.328 e. The van der Waals surface area contributed by atoms with Crippen LogP contribution in [0.25, 0.3) is 0 Å². The summed E-state index contributed by atoms with van der Waals surface area (Å²) in [6, 6.07) is 4.87. The number of primary amides is 2. The quantitative estimate of drug-likeness (QED) is 0.160. The second-order valence-corrected chi connectivity index (χ2v) is 6.74. The van der Waals surface area contributed by atoms with Crippen molar-refractivity contribution >= 4 is 29.8 Å². The van der Waals surface area contributed by atoms with Gasteiger partial charge in [0.25, 0.3) is 0 Å². The molecule has 0 spiro atoms. The fourth-order valence-corrected chi connectivity index (χ4v) is 2.76. The zero-order chi connectivity index (χ0) is 23.4. The first kappa shape index (κ1) is 25.4. The molecule has 4 amide bonds. The van der Waals surface area contributed by atoms with E-state index < -0.39 is 41.9 Å². The van der Waals surface area contributed by atoms with E-state index in [9.17, 15) is 34.2 Å². The van der Waals surface area contributed by atoms with E-state index in [-0.39, 0.29) is 38.6 Å². The van der Waals surface area contributed by atoms with Gasteiger partial charge in [0.2, 0.25) is 11.8 Å². The molecule has 0 bridgehead atoms. The van der Waals surface area contributed by atoms with Crippen molar-refractivity contribution in [3.63, 3.8) is 0 Å². The number of nitrogens with zero attached hydrogens (tertiary/aromatic N) is 1. The molecular formula is C19H27N5O7. The van der Waals surface area contributed by atoms with Crippen LogP contribution in [-0.2, 0) is 25.6 Å². The number of benzene rings is 1. The monoisotopic (exact) mass is 437 g/mol. The number of aliphatic carboxylic acids is 2. The van der Waals surface area contributed by atoms with Crippen molar-refractivity contribution in [2.75, 3.05) is 6.54 Å². The molecule has 12 heteroatoms. The summed E-state index contributed by atoms with van der Waals surface area (Å²) in [7, 11) is 0. The lowest BCUT2D eigenvalue weighted by Gasteiger charge is -2.32. The van der Waals surface area contributed by atoms with Crippen LogP contribution in [0.15, 0.2) is 30.3 Å². The molecule has 0 aliphatic rings. The van der Waals surface area contributed by atoms with Gasteiger partial charge >= 0.3 is 18.0 Å². The Balaban J connectivity index is 3.05. The topological polar surface area (TPSA) is 205 Å². The highest BCUT2D eigenvalue weighted by Gasteiger charge is 2.33. The summed E-state index contributed by atoms with van der Waals surface area (Å²) in [5.74, 6) is -4.19. The lowest BCUT2D eigenvalue weighted by molar-refractivity contribution is -0.157. The Bertz CT molecular complexity index is 787. The summed E-state index contributed by atoms with van der Waals surface area (Å²) in [6.45, 7) is 0.1000. The highest BCUT2D eigenvalue weighted by molar-refractivity contribution is 5.86. The third-order valence-corrected chi connectivity index (χ3v) is 4.29. The van der Waals surface area contributed by atoms with Crippen LogP contribution in [-0.4, -0.2) is 63.6 Å². The molecule has 2 atom stereocenters. The molecule has 1 rings (SSSR count). The third-order valence-electron chi connectivity index (χ3n) is 4.29. The molecule has 1 aromatic rings. The van der Waals surface area contributed by atoms with Crippen molar-refractivity contribution < 1.29 is 34.2 Å². The van der Waals surface area contributed by atoms with Gasteiger partial charge in [-0.1, -0.05) is 30.3 Å². The van der Waals surface area contributed by atoms with Gasteiger partial charge in [-0.15, -0.1) is 0 Å². The number of hydrogen-bond acceptors (Lipinski definition) is 6. The molecule has 1 aromatic carbocycles. The Labute approximate surface area is 178 Å². The standard InChI is InChI=1S/C19H27N5O7/c20-15(25)9-8-14(18(29)30)24(16(26)11-12-5-2-1-3-6-12)23-13(17(27)28)7-4-10-22-19(21)31/h1-3,5-6,13-14,23H,4,7-11H2,(H2,20,25)(H,27,28)(H,29,30)(H3,21,22,31)/t13-,14-/m0/s1. The van der Waals surface area contributed by atoms with Crippen LogP contribution >= 0.6 is 0 Å². The summed E-state index contributed by atoms with van der Waals surface area (Å²) >= 11 is 0. The third kappa shape index (κ3) is 9.58. The predicted octanol–water partition coefficient (Wildman–Crippen LogP) is -0.817. The van der Waals surface area contributed by atoms with Gasteiger partial charge in [-0.25, -0.2) is 15.0 Å². The molecule has 8 N–H and O–H groups in total. The minimum atomic E-state index is -1.52. The molecule has 0 aromatic heterocycles. The molecule has 170 valence electrons. The van der Waals surface area contributed by atoms with Gasteiger partial charge in [0.05, 0.1) is 6.42 Å². The molecule has 0 radical (unpaired) electrons. The summed E-state index contributed by atoms with van der Waals surface area (Å²) in [5.41, 5.74) is 13.1. The number of carbonyl (C=O) groups is 5. The van der Waals surface area contributed by atoms with Crippen LogP contribution in [0.3, 0.4) is 0 Å². The predicted molar refractivity (Wildman–Crippen MR) is 108 cm³/mol. The maximum atomic E-state index is 12.9. The molecule has 0 fully saturated rings. The lowest BCUT2D eigenvalue weighted by atomic mass is 10.1. The number of hydrazine groups is 1. The summed E-state index contributed by atoms with van der Waals surface area (Å²) in [6.07, 6.45) is -0.634. The summed E-state index contributed by atoms with van der Waals surface area (Å²) in [4.78, 5) is 58.2. The van der Waals surface area contributed by atoms with Crippen molar-refractivity contribution in [3.8, 4) is 0 Å². The van der Waals surface area contributed by atoms with Crippen molar-refractivity contribution in [2.24, 2.45) is 11.5 Å². The maximum Gasteiger partial charge on any atom is 0.328 e.